The number of nitrogens with one attached hydrogen (secondary N) is 2. The summed E-state index contributed by atoms with van der Waals surface area (Å²) >= 11 is 4.29. The fraction of sp³-hybridized carbons (Fsp3) is 0.100. The summed E-state index contributed by atoms with van der Waals surface area (Å²) in [4.78, 5) is 27.7. The molecule has 0 fully saturated rings. The van der Waals surface area contributed by atoms with Gasteiger partial charge in [0.1, 0.15) is 16.9 Å². The van der Waals surface area contributed by atoms with Crippen molar-refractivity contribution in [3.63, 3.8) is 0 Å². The molecule has 1 amide bonds. The third kappa shape index (κ3) is 4.53. The summed E-state index contributed by atoms with van der Waals surface area (Å²) in [7, 11) is 0. The molecular weight excluding hydrogens is 450 g/mol. The van der Waals surface area contributed by atoms with Gasteiger partial charge in [0, 0.05) is 5.75 Å². The highest BCUT2D eigenvalue weighted by Crippen LogP contribution is 2.31. The fourth-order valence-electron chi connectivity index (χ4n) is 3.02. The number of fused-ring (bicyclic) bond motifs is 2. The summed E-state index contributed by atoms with van der Waals surface area (Å²) < 4.78 is 0.811. The molecule has 3 heterocycles. The summed E-state index contributed by atoms with van der Waals surface area (Å²) in [5, 5.41) is 14.7. The molecule has 5 rings (SSSR count). The zero-order chi connectivity index (χ0) is 21.0. The van der Waals surface area contributed by atoms with E-state index in [0.717, 1.165) is 15.6 Å². The van der Waals surface area contributed by atoms with Crippen molar-refractivity contribution in [1.29, 1.82) is 0 Å². The Balaban J connectivity index is 1.18. The summed E-state index contributed by atoms with van der Waals surface area (Å²) in [6.07, 6.45) is 3.00. The topological polar surface area (TPSA) is 109 Å². The van der Waals surface area contributed by atoms with Crippen LogP contribution in [-0.4, -0.2) is 41.8 Å². The summed E-state index contributed by atoms with van der Waals surface area (Å²) in [6, 6.07) is 14.6. The molecule has 0 saturated heterocycles. The quantitative estimate of drug-likeness (QED) is 0.207. The number of H-pyrrole nitrogens is 1. The Morgan fingerprint density at radius 3 is 2.90 bits per heavy atom. The average molecular weight is 466 g/mol. The molecule has 0 atom stereocenters. The van der Waals surface area contributed by atoms with E-state index in [0.29, 0.717) is 15.8 Å². The van der Waals surface area contributed by atoms with E-state index in [1.54, 1.807) is 18.1 Å². The number of aromatic nitrogens is 6. The lowest BCUT2D eigenvalue weighted by atomic mass is 10.1. The molecule has 5 aromatic rings. The van der Waals surface area contributed by atoms with Gasteiger partial charge in [-0.15, -0.1) is 10.2 Å². The van der Waals surface area contributed by atoms with Crippen LogP contribution >= 0.6 is 34.9 Å². The Bertz CT molecular complexity index is 1360. The lowest BCUT2D eigenvalue weighted by Gasteiger charge is -2.04. The summed E-state index contributed by atoms with van der Waals surface area (Å²) in [5.41, 5.74) is 2.55. The van der Waals surface area contributed by atoms with Gasteiger partial charge in [0.15, 0.2) is 9.99 Å². The lowest BCUT2D eigenvalue weighted by molar-refractivity contribution is -0.113. The first-order valence-corrected chi connectivity index (χ1v) is 12.0. The normalized spacial score (nSPS) is 11.2. The van der Waals surface area contributed by atoms with Crippen LogP contribution in [0.5, 0.6) is 0 Å². The molecule has 0 saturated carbocycles. The van der Waals surface area contributed by atoms with Gasteiger partial charge in [-0.25, -0.2) is 15.0 Å². The van der Waals surface area contributed by atoms with Crippen LogP contribution in [0, 0.1) is 0 Å². The van der Waals surface area contributed by atoms with Crippen molar-refractivity contribution in [3.05, 3.63) is 60.7 Å². The Kier molecular flexibility index (Phi) is 5.78. The zero-order valence-corrected chi connectivity index (χ0v) is 18.4. The van der Waals surface area contributed by atoms with Crippen LogP contribution in [0.1, 0.15) is 5.56 Å². The van der Waals surface area contributed by atoms with Crippen molar-refractivity contribution in [3.8, 4) is 0 Å². The molecule has 2 aromatic carbocycles. The summed E-state index contributed by atoms with van der Waals surface area (Å²) in [5.74, 6) is 0.815. The van der Waals surface area contributed by atoms with Gasteiger partial charge >= 0.3 is 0 Å². The number of carbonyl (C=O) groups is 1. The molecule has 8 nitrogen and oxygen atoms in total. The number of benzene rings is 2. The molecule has 11 heteroatoms. The first-order valence-electron chi connectivity index (χ1n) is 9.26. The number of aromatic amines is 1. The fourth-order valence-corrected chi connectivity index (χ4v) is 5.55. The van der Waals surface area contributed by atoms with E-state index in [1.807, 2.05) is 12.1 Å². The van der Waals surface area contributed by atoms with Crippen LogP contribution in [0.2, 0.25) is 0 Å². The third-order valence-corrected chi connectivity index (χ3v) is 7.42. The van der Waals surface area contributed by atoms with Crippen LogP contribution in [0.3, 0.4) is 0 Å². The van der Waals surface area contributed by atoms with E-state index in [9.17, 15) is 4.79 Å². The number of hydrogen-bond donors (Lipinski definition) is 2. The van der Waals surface area contributed by atoms with Crippen LogP contribution < -0.4 is 5.32 Å². The molecule has 2 N–H and O–H groups in total. The van der Waals surface area contributed by atoms with E-state index in [1.165, 1.54) is 45.8 Å². The Hall–Kier alpha value is -3.02. The predicted molar refractivity (Wildman–Crippen MR) is 124 cm³/mol. The number of imidazole rings is 1. The summed E-state index contributed by atoms with van der Waals surface area (Å²) in [6.45, 7) is 0. The van der Waals surface area contributed by atoms with Crippen molar-refractivity contribution in [2.45, 2.75) is 15.1 Å². The minimum Gasteiger partial charge on any atom is -0.341 e. The molecule has 3 aromatic heterocycles. The monoisotopic (exact) mass is 465 g/mol. The third-order valence-electron chi connectivity index (χ3n) is 4.41. The van der Waals surface area contributed by atoms with E-state index < -0.39 is 0 Å². The number of nitrogens with zero attached hydrogens (tertiary/aromatic N) is 5. The van der Waals surface area contributed by atoms with Crippen LogP contribution in [0.25, 0.3) is 21.9 Å². The van der Waals surface area contributed by atoms with Gasteiger partial charge in [-0.05, 0) is 16.3 Å². The van der Waals surface area contributed by atoms with Gasteiger partial charge in [0.2, 0.25) is 11.0 Å². The van der Waals surface area contributed by atoms with Crippen molar-refractivity contribution < 1.29 is 4.79 Å². The smallest absolute Gasteiger partial charge is 0.236 e. The largest absolute Gasteiger partial charge is 0.341 e. The molecule has 154 valence electrons. The SMILES string of the molecule is O=C(CSc1ncnc2nc[nH]c12)Nc1nnc(SCc2cccc3ccccc23)s1. The van der Waals surface area contributed by atoms with Crippen molar-refractivity contribution >= 4 is 67.8 Å². The van der Waals surface area contributed by atoms with Gasteiger partial charge in [-0.1, -0.05) is 77.3 Å². The number of hydrogen-bond acceptors (Lipinski definition) is 9. The minimum atomic E-state index is -0.168. The van der Waals surface area contributed by atoms with Crippen LogP contribution in [-0.2, 0) is 10.5 Å². The maximum atomic E-state index is 12.3. The average Bonchev–Trinajstić information content (AvgIpc) is 3.46. The van der Waals surface area contributed by atoms with Crippen LogP contribution in [0.15, 0.2) is 64.5 Å². The number of rotatable bonds is 7. The highest BCUT2D eigenvalue weighted by Gasteiger charge is 2.12. The van der Waals surface area contributed by atoms with E-state index >= 15 is 0 Å². The van der Waals surface area contributed by atoms with E-state index in [2.05, 4.69) is 65.8 Å². The van der Waals surface area contributed by atoms with Crippen molar-refractivity contribution in [2.24, 2.45) is 0 Å². The molecule has 0 aliphatic rings. The van der Waals surface area contributed by atoms with Gasteiger partial charge in [-0.2, -0.15) is 0 Å². The molecule has 0 aliphatic heterocycles. The maximum Gasteiger partial charge on any atom is 0.236 e. The zero-order valence-electron chi connectivity index (χ0n) is 16.0. The Labute approximate surface area is 189 Å². The first-order chi connectivity index (χ1) is 15.3. The number of thioether (sulfide) groups is 2. The second kappa shape index (κ2) is 9.00. The number of carbonyl (C=O) groups excluding carboxylic acids is 1. The first kappa shape index (κ1) is 19.9. The number of anilines is 1. The van der Waals surface area contributed by atoms with Gasteiger partial charge in [-0.3, -0.25) is 10.1 Å². The lowest BCUT2D eigenvalue weighted by Crippen LogP contribution is -2.14. The molecule has 31 heavy (non-hydrogen) atoms. The van der Waals surface area contributed by atoms with Crippen molar-refractivity contribution in [2.75, 3.05) is 11.1 Å². The van der Waals surface area contributed by atoms with Gasteiger partial charge in [0.25, 0.3) is 0 Å². The van der Waals surface area contributed by atoms with Gasteiger partial charge < -0.3 is 4.98 Å². The second-order valence-corrected chi connectivity index (χ2v) is 9.58. The highest BCUT2D eigenvalue weighted by atomic mass is 32.2. The molecule has 0 aliphatic carbocycles. The highest BCUT2D eigenvalue weighted by molar-refractivity contribution is 8.00. The van der Waals surface area contributed by atoms with Gasteiger partial charge in [0.05, 0.1) is 12.1 Å². The van der Waals surface area contributed by atoms with Crippen molar-refractivity contribution in [1.82, 2.24) is 30.1 Å². The number of amides is 1. The Morgan fingerprint density at radius 1 is 1.03 bits per heavy atom. The molecule has 0 spiro atoms. The maximum absolute atomic E-state index is 12.3. The van der Waals surface area contributed by atoms with Crippen LogP contribution in [0.4, 0.5) is 5.13 Å². The predicted octanol–water partition coefficient (Wildman–Crippen LogP) is 4.38. The minimum absolute atomic E-state index is 0.168. The molecule has 0 unspecified atom stereocenters. The molecule has 0 bridgehead atoms. The molecular formula is C20H15N7OS3. The second-order valence-electron chi connectivity index (χ2n) is 6.42. The van der Waals surface area contributed by atoms with E-state index in [4.69, 9.17) is 0 Å². The molecule has 0 radical (unpaired) electrons. The Morgan fingerprint density at radius 2 is 1.94 bits per heavy atom. The standard InChI is InChI=1S/C20H15N7OS3/c28-15(9-29-18-16-17(22-10-21-16)23-11-24-18)25-19-26-27-20(31-19)30-8-13-6-3-5-12-4-1-2-7-14(12)13/h1-7,10-11H,8-9H2,(H,25,26,28)(H,21,22,23,24). The van der Waals surface area contributed by atoms with E-state index in [-0.39, 0.29) is 11.7 Å².